The number of carbonyl (C=O) groups is 1. The molecular formula is C13H25NO2. The number of carbonyl (C=O) groups excluding carboxylic acids is 1. The lowest BCUT2D eigenvalue weighted by molar-refractivity contribution is 0.0497. The van der Waals surface area contributed by atoms with Crippen LogP contribution >= 0.6 is 0 Å². The molecule has 0 saturated carbocycles. The zero-order valence-electron chi connectivity index (χ0n) is 11.6. The lowest BCUT2D eigenvalue weighted by Gasteiger charge is -2.44. The van der Waals surface area contributed by atoms with E-state index in [-0.39, 0.29) is 23.1 Å². The van der Waals surface area contributed by atoms with Gasteiger partial charge in [0.05, 0.1) is 6.04 Å². The molecule has 0 N–H and O–H groups in total. The van der Waals surface area contributed by atoms with Crippen LogP contribution in [0.25, 0.3) is 0 Å². The minimum atomic E-state index is -0.168. The summed E-state index contributed by atoms with van der Waals surface area (Å²) in [5.74, 6) is 0.406. The molecule has 94 valence electrons. The van der Waals surface area contributed by atoms with Crippen LogP contribution in [0, 0.1) is 11.3 Å². The molecule has 1 amide bonds. The van der Waals surface area contributed by atoms with Crippen LogP contribution in [-0.4, -0.2) is 29.2 Å². The van der Waals surface area contributed by atoms with Gasteiger partial charge in [0.25, 0.3) is 0 Å². The van der Waals surface area contributed by atoms with E-state index in [1.807, 2.05) is 4.90 Å². The molecule has 0 bridgehead atoms. The third-order valence-electron chi connectivity index (χ3n) is 3.91. The van der Waals surface area contributed by atoms with Crippen LogP contribution in [0.15, 0.2) is 0 Å². The summed E-state index contributed by atoms with van der Waals surface area (Å²) in [6.45, 7) is 15.5. The number of rotatable bonds is 2. The summed E-state index contributed by atoms with van der Waals surface area (Å²) in [6, 6.07) is 0.164. The predicted molar refractivity (Wildman–Crippen MR) is 65.3 cm³/mol. The Bertz CT molecular complexity index is 276. The molecular weight excluding hydrogens is 202 g/mol. The maximum absolute atomic E-state index is 11.9. The summed E-state index contributed by atoms with van der Waals surface area (Å²) >= 11 is 0. The summed E-state index contributed by atoms with van der Waals surface area (Å²) < 4.78 is 5.23. The number of hydrogen-bond acceptors (Lipinski definition) is 2. The molecule has 16 heavy (non-hydrogen) atoms. The molecule has 3 heteroatoms. The van der Waals surface area contributed by atoms with Crippen molar-refractivity contribution in [1.82, 2.24) is 4.90 Å². The van der Waals surface area contributed by atoms with E-state index in [9.17, 15) is 4.79 Å². The Morgan fingerprint density at radius 3 is 2.12 bits per heavy atom. The van der Waals surface area contributed by atoms with E-state index in [0.29, 0.717) is 12.5 Å². The van der Waals surface area contributed by atoms with E-state index < -0.39 is 0 Å². The smallest absolute Gasteiger partial charge is 0.410 e. The van der Waals surface area contributed by atoms with Gasteiger partial charge >= 0.3 is 6.09 Å². The molecule has 0 radical (unpaired) electrons. The van der Waals surface area contributed by atoms with E-state index in [1.54, 1.807) is 0 Å². The topological polar surface area (TPSA) is 29.5 Å². The van der Waals surface area contributed by atoms with Crippen molar-refractivity contribution in [3.05, 3.63) is 0 Å². The summed E-state index contributed by atoms with van der Waals surface area (Å²) in [5.41, 5.74) is -0.107. The van der Waals surface area contributed by atoms with Gasteiger partial charge in [0.1, 0.15) is 6.61 Å². The van der Waals surface area contributed by atoms with Crippen LogP contribution in [0.1, 0.15) is 48.5 Å². The van der Waals surface area contributed by atoms with Crippen LogP contribution in [0.3, 0.4) is 0 Å². The molecule has 1 atom stereocenters. The fourth-order valence-corrected chi connectivity index (χ4v) is 1.97. The summed E-state index contributed by atoms with van der Waals surface area (Å²) in [4.78, 5) is 13.8. The van der Waals surface area contributed by atoms with Gasteiger partial charge in [-0.3, -0.25) is 4.90 Å². The Morgan fingerprint density at radius 2 is 1.75 bits per heavy atom. The van der Waals surface area contributed by atoms with Crippen molar-refractivity contribution in [1.29, 1.82) is 0 Å². The molecule has 1 heterocycles. The molecule has 1 aliphatic heterocycles. The molecule has 1 rings (SSSR count). The highest BCUT2D eigenvalue weighted by molar-refractivity contribution is 5.71. The van der Waals surface area contributed by atoms with Gasteiger partial charge < -0.3 is 4.74 Å². The number of hydrogen-bond donors (Lipinski definition) is 0. The summed E-state index contributed by atoms with van der Waals surface area (Å²) in [6.07, 6.45) is -0.168. The Hall–Kier alpha value is -0.730. The molecule has 0 aromatic carbocycles. The van der Waals surface area contributed by atoms with Gasteiger partial charge in [-0.05, 0) is 25.2 Å². The van der Waals surface area contributed by atoms with Crippen LogP contribution in [-0.2, 0) is 4.74 Å². The Labute approximate surface area is 99.1 Å². The second kappa shape index (κ2) is 3.94. The largest absolute Gasteiger partial charge is 0.447 e. The minimum absolute atomic E-state index is 0.0539. The minimum Gasteiger partial charge on any atom is -0.447 e. The van der Waals surface area contributed by atoms with Crippen molar-refractivity contribution >= 4 is 6.09 Å². The van der Waals surface area contributed by atoms with Crippen molar-refractivity contribution in [2.45, 2.75) is 60.0 Å². The van der Waals surface area contributed by atoms with Crippen molar-refractivity contribution in [2.75, 3.05) is 6.61 Å². The van der Waals surface area contributed by atoms with E-state index in [2.05, 4.69) is 48.5 Å². The average Bonchev–Trinajstić information content (AvgIpc) is 2.46. The quantitative estimate of drug-likeness (QED) is 0.724. The first-order valence-electron chi connectivity index (χ1n) is 6.04. The van der Waals surface area contributed by atoms with Gasteiger partial charge in [-0.1, -0.05) is 34.6 Å². The monoisotopic (exact) mass is 227 g/mol. The summed E-state index contributed by atoms with van der Waals surface area (Å²) in [7, 11) is 0. The Morgan fingerprint density at radius 1 is 1.25 bits per heavy atom. The third kappa shape index (κ3) is 2.18. The first kappa shape index (κ1) is 13.3. The number of ether oxygens (including phenoxy) is 1. The summed E-state index contributed by atoms with van der Waals surface area (Å²) in [5, 5.41) is 0. The van der Waals surface area contributed by atoms with Crippen LogP contribution in [0.4, 0.5) is 4.79 Å². The highest BCUT2D eigenvalue weighted by atomic mass is 16.6. The van der Waals surface area contributed by atoms with E-state index in [1.165, 1.54) is 0 Å². The average molecular weight is 227 g/mol. The number of nitrogens with zero attached hydrogens (tertiary/aromatic N) is 1. The second-order valence-electron chi connectivity index (χ2n) is 6.64. The van der Waals surface area contributed by atoms with Crippen molar-refractivity contribution in [2.24, 2.45) is 11.3 Å². The normalized spacial score (nSPS) is 22.9. The van der Waals surface area contributed by atoms with Gasteiger partial charge in [-0.2, -0.15) is 0 Å². The zero-order valence-corrected chi connectivity index (χ0v) is 11.6. The molecule has 0 aliphatic carbocycles. The molecule has 1 fully saturated rings. The second-order valence-corrected chi connectivity index (χ2v) is 6.64. The molecule has 1 saturated heterocycles. The SMILES string of the molecule is CC(C)C(C)(C)N1C(=O)OCC1C(C)(C)C. The van der Waals surface area contributed by atoms with Gasteiger partial charge in [0, 0.05) is 5.54 Å². The first-order chi connectivity index (χ1) is 7.08. The zero-order chi connectivity index (χ0) is 12.7. The van der Waals surface area contributed by atoms with Gasteiger partial charge in [0.15, 0.2) is 0 Å². The highest BCUT2D eigenvalue weighted by Crippen LogP contribution is 2.37. The maximum atomic E-state index is 11.9. The predicted octanol–water partition coefficient (Wildman–Crippen LogP) is 3.29. The number of cyclic esters (lactones) is 1. The van der Waals surface area contributed by atoms with Crippen LogP contribution < -0.4 is 0 Å². The third-order valence-corrected chi connectivity index (χ3v) is 3.91. The molecule has 1 unspecified atom stereocenters. The van der Waals surface area contributed by atoms with Crippen molar-refractivity contribution in [3.8, 4) is 0 Å². The Balaban J connectivity index is 3.04. The molecule has 0 aromatic heterocycles. The lowest BCUT2D eigenvalue weighted by Crippen LogP contribution is -2.56. The molecule has 0 aromatic rings. The lowest BCUT2D eigenvalue weighted by atomic mass is 9.81. The van der Waals surface area contributed by atoms with Crippen molar-refractivity contribution in [3.63, 3.8) is 0 Å². The van der Waals surface area contributed by atoms with Crippen molar-refractivity contribution < 1.29 is 9.53 Å². The highest BCUT2D eigenvalue weighted by Gasteiger charge is 2.48. The van der Waals surface area contributed by atoms with Crippen LogP contribution in [0.5, 0.6) is 0 Å². The fraction of sp³-hybridized carbons (Fsp3) is 0.923. The van der Waals surface area contributed by atoms with E-state index in [0.717, 1.165) is 0 Å². The molecule has 3 nitrogen and oxygen atoms in total. The standard InChI is InChI=1S/C13H25NO2/c1-9(2)13(6,7)14-10(12(3,4)5)8-16-11(14)15/h9-10H,8H2,1-7H3. The fourth-order valence-electron chi connectivity index (χ4n) is 1.97. The molecule has 1 aliphatic rings. The maximum Gasteiger partial charge on any atom is 0.410 e. The number of amides is 1. The molecule has 0 spiro atoms. The van der Waals surface area contributed by atoms with Gasteiger partial charge in [0.2, 0.25) is 0 Å². The van der Waals surface area contributed by atoms with Gasteiger partial charge in [-0.15, -0.1) is 0 Å². The van der Waals surface area contributed by atoms with Crippen LogP contribution in [0.2, 0.25) is 0 Å². The van der Waals surface area contributed by atoms with E-state index in [4.69, 9.17) is 4.74 Å². The first-order valence-corrected chi connectivity index (χ1v) is 6.04. The Kier molecular flexibility index (Phi) is 3.28. The van der Waals surface area contributed by atoms with E-state index >= 15 is 0 Å². The van der Waals surface area contributed by atoms with Gasteiger partial charge in [-0.25, -0.2) is 4.79 Å².